The molecule has 0 heterocycles. The molecule has 0 bridgehead atoms. The second kappa shape index (κ2) is 5.37. The Morgan fingerprint density at radius 3 is 2.54 bits per heavy atom. The van der Waals surface area contributed by atoms with Crippen LogP contribution in [0.15, 0.2) is 30.3 Å². The summed E-state index contributed by atoms with van der Waals surface area (Å²) in [4.78, 5) is 0. The summed E-state index contributed by atoms with van der Waals surface area (Å²) in [5, 5.41) is 7.45. The number of halogens is 2. The minimum Gasteiger partial charge on any atom is -0.277 e. The highest BCUT2D eigenvalue weighted by molar-refractivity contribution is 8.32. The molecule has 0 radical (unpaired) electrons. The fraction of sp³-hybridized carbons (Fsp3) is 0.125. The van der Waals surface area contributed by atoms with Crippen LogP contribution in [0.4, 0.5) is 0 Å². The maximum absolute atomic E-state index is 7.32. The first kappa shape index (κ1) is 10.7. The molecule has 5 heteroatoms. The fourth-order valence-electron chi connectivity index (χ4n) is 0.853. The van der Waals surface area contributed by atoms with Crippen molar-refractivity contribution in [2.24, 2.45) is 0 Å². The van der Waals surface area contributed by atoms with Gasteiger partial charge in [-0.1, -0.05) is 30.3 Å². The standard InChI is InChI=1S/C8H8Cl2N2S/c9-12(8(11)13-10)6-7-4-2-1-3-5-7/h1-5,11H,6H2. The van der Waals surface area contributed by atoms with Crippen LogP contribution >= 0.6 is 33.4 Å². The van der Waals surface area contributed by atoms with E-state index in [9.17, 15) is 0 Å². The molecule has 70 valence electrons. The molecule has 0 atom stereocenters. The summed E-state index contributed by atoms with van der Waals surface area (Å²) in [5.41, 5.74) is 1.05. The molecular formula is C8H8Cl2N2S. The van der Waals surface area contributed by atoms with Crippen LogP contribution in [0.25, 0.3) is 0 Å². The first-order valence-corrected chi connectivity index (χ1v) is 5.56. The summed E-state index contributed by atoms with van der Waals surface area (Å²) in [7, 11) is 6.18. The number of benzene rings is 1. The summed E-state index contributed by atoms with van der Waals surface area (Å²) >= 11 is 5.77. The molecule has 13 heavy (non-hydrogen) atoms. The third-order valence-corrected chi connectivity index (χ3v) is 2.65. The monoisotopic (exact) mass is 234 g/mol. The Bertz CT molecular complexity index is 279. The van der Waals surface area contributed by atoms with Crippen molar-refractivity contribution in [3.8, 4) is 0 Å². The number of nitrogens with zero attached hydrogens (tertiary/aromatic N) is 1. The van der Waals surface area contributed by atoms with Crippen molar-refractivity contribution in [2.45, 2.75) is 6.54 Å². The molecule has 0 spiro atoms. The van der Waals surface area contributed by atoms with E-state index < -0.39 is 0 Å². The van der Waals surface area contributed by atoms with Gasteiger partial charge in [-0.05, 0) is 16.2 Å². The molecule has 0 aliphatic carbocycles. The average molecular weight is 235 g/mol. The third-order valence-electron chi connectivity index (χ3n) is 1.46. The van der Waals surface area contributed by atoms with E-state index in [0.717, 1.165) is 16.5 Å². The summed E-state index contributed by atoms with van der Waals surface area (Å²) in [6, 6.07) is 9.68. The number of hydrogen-bond acceptors (Lipinski definition) is 2. The van der Waals surface area contributed by atoms with Gasteiger partial charge < -0.3 is 0 Å². The van der Waals surface area contributed by atoms with Gasteiger partial charge in [0.2, 0.25) is 0 Å². The SMILES string of the molecule is N=C(SCl)N(Cl)Cc1ccccc1. The zero-order valence-corrected chi connectivity index (χ0v) is 9.03. The minimum absolute atomic E-state index is 0.132. The summed E-state index contributed by atoms with van der Waals surface area (Å²) < 4.78 is 1.27. The van der Waals surface area contributed by atoms with Crippen molar-refractivity contribution in [3.05, 3.63) is 35.9 Å². The fourth-order valence-corrected chi connectivity index (χ4v) is 1.59. The zero-order valence-electron chi connectivity index (χ0n) is 6.71. The Morgan fingerprint density at radius 1 is 1.38 bits per heavy atom. The predicted octanol–water partition coefficient (Wildman–Crippen LogP) is 3.46. The van der Waals surface area contributed by atoms with Crippen molar-refractivity contribution in [1.29, 1.82) is 5.41 Å². The molecule has 0 saturated carbocycles. The normalized spacial score (nSPS) is 9.69. The van der Waals surface area contributed by atoms with Crippen LogP contribution in [-0.2, 0) is 6.54 Å². The van der Waals surface area contributed by atoms with Crippen molar-refractivity contribution in [1.82, 2.24) is 4.42 Å². The molecular weight excluding hydrogens is 227 g/mol. The summed E-state index contributed by atoms with van der Waals surface area (Å²) in [5.74, 6) is 0. The van der Waals surface area contributed by atoms with E-state index in [2.05, 4.69) is 0 Å². The van der Waals surface area contributed by atoms with E-state index >= 15 is 0 Å². The number of rotatable bonds is 2. The Labute approximate surface area is 91.0 Å². The molecule has 0 saturated heterocycles. The molecule has 0 aromatic heterocycles. The lowest BCUT2D eigenvalue weighted by Gasteiger charge is -2.13. The van der Waals surface area contributed by atoms with E-state index in [1.54, 1.807) is 0 Å². The van der Waals surface area contributed by atoms with Gasteiger partial charge in [0.05, 0.1) is 6.54 Å². The van der Waals surface area contributed by atoms with Crippen molar-refractivity contribution >= 4 is 38.6 Å². The van der Waals surface area contributed by atoms with Crippen LogP contribution in [0.2, 0.25) is 0 Å². The molecule has 1 N–H and O–H groups in total. The minimum atomic E-state index is 0.132. The van der Waals surface area contributed by atoms with Gasteiger partial charge in [0.1, 0.15) is 0 Å². The Hall–Kier alpha value is -0.380. The lowest BCUT2D eigenvalue weighted by Crippen LogP contribution is -2.15. The van der Waals surface area contributed by atoms with Crippen molar-refractivity contribution in [3.63, 3.8) is 0 Å². The molecule has 0 aliphatic rings. The maximum atomic E-state index is 7.32. The highest BCUT2D eigenvalue weighted by Gasteiger charge is 2.06. The van der Waals surface area contributed by atoms with Crippen LogP contribution in [0.3, 0.4) is 0 Å². The van der Waals surface area contributed by atoms with Crippen LogP contribution in [-0.4, -0.2) is 9.59 Å². The zero-order chi connectivity index (χ0) is 9.68. The number of amidine groups is 1. The average Bonchev–Trinajstić information content (AvgIpc) is 2.18. The second-order valence-electron chi connectivity index (χ2n) is 2.39. The van der Waals surface area contributed by atoms with E-state index in [-0.39, 0.29) is 5.17 Å². The van der Waals surface area contributed by atoms with Crippen molar-refractivity contribution in [2.75, 3.05) is 0 Å². The number of hydrogen-bond donors (Lipinski definition) is 1. The molecule has 1 rings (SSSR count). The molecule has 0 amide bonds. The highest BCUT2D eigenvalue weighted by Crippen LogP contribution is 2.16. The van der Waals surface area contributed by atoms with Gasteiger partial charge in [-0.2, -0.15) is 0 Å². The molecule has 0 aliphatic heterocycles. The molecule has 0 fully saturated rings. The van der Waals surface area contributed by atoms with Gasteiger partial charge in [0, 0.05) is 22.8 Å². The predicted molar refractivity (Wildman–Crippen MR) is 59.0 cm³/mol. The van der Waals surface area contributed by atoms with E-state index in [4.69, 9.17) is 27.9 Å². The molecule has 0 unspecified atom stereocenters. The summed E-state index contributed by atoms with van der Waals surface area (Å²) in [6.07, 6.45) is 0. The van der Waals surface area contributed by atoms with Crippen LogP contribution in [0, 0.1) is 5.41 Å². The Kier molecular flexibility index (Phi) is 4.42. The molecule has 2 nitrogen and oxygen atoms in total. The van der Waals surface area contributed by atoms with Crippen LogP contribution in [0.1, 0.15) is 5.56 Å². The highest BCUT2D eigenvalue weighted by atomic mass is 35.7. The van der Waals surface area contributed by atoms with Crippen molar-refractivity contribution < 1.29 is 0 Å². The van der Waals surface area contributed by atoms with E-state index in [1.165, 1.54) is 4.42 Å². The van der Waals surface area contributed by atoms with Gasteiger partial charge in [0.15, 0.2) is 5.17 Å². The summed E-state index contributed by atoms with van der Waals surface area (Å²) in [6.45, 7) is 0.487. The molecule has 1 aromatic rings. The van der Waals surface area contributed by atoms with Crippen LogP contribution < -0.4 is 0 Å². The quantitative estimate of drug-likeness (QED) is 0.482. The smallest absolute Gasteiger partial charge is 0.187 e. The molecule has 1 aromatic carbocycles. The lowest BCUT2D eigenvalue weighted by atomic mass is 10.2. The van der Waals surface area contributed by atoms with Gasteiger partial charge in [-0.15, -0.1) is 0 Å². The Balaban J connectivity index is 2.55. The topological polar surface area (TPSA) is 27.1 Å². The largest absolute Gasteiger partial charge is 0.277 e. The Morgan fingerprint density at radius 2 is 2.00 bits per heavy atom. The first-order valence-electron chi connectivity index (χ1n) is 3.58. The van der Waals surface area contributed by atoms with E-state index in [0.29, 0.717) is 6.54 Å². The first-order chi connectivity index (χ1) is 6.24. The van der Waals surface area contributed by atoms with Gasteiger partial charge >= 0.3 is 0 Å². The lowest BCUT2D eigenvalue weighted by molar-refractivity contribution is 0.661. The van der Waals surface area contributed by atoms with Gasteiger partial charge in [0.25, 0.3) is 0 Å². The van der Waals surface area contributed by atoms with Gasteiger partial charge in [-0.25, -0.2) is 0 Å². The van der Waals surface area contributed by atoms with E-state index in [1.807, 2.05) is 30.3 Å². The van der Waals surface area contributed by atoms with Crippen LogP contribution in [0.5, 0.6) is 0 Å². The third kappa shape index (κ3) is 3.46. The van der Waals surface area contributed by atoms with Gasteiger partial charge in [-0.3, -0.25) is 9.83 Å². The number of nitrogens with one attached hydrogen (secondary N) is 1. The maximum Gasteiger partial charge on any atom is 0.187 e. The second-order valence-corrected chi connectivity index (χ2v) is 3.80.